The van der Waals surface area contributed by atoms with Gasteiger partial charge in [0, 0.05) is 0 Å². The summed E-state index contributed by atoms with van der Waals surface area (Å²) in [6.07, 6.45) is 16.0. The zero-order chi connectivity index (χ0) is 27.7. The molecule has 2 fully saturated rings. The highest BCUT2D eigenvalue weighted by atomic mass is 28.3. The molecule has 2 aromatic rings. The summed E-state index contributed by atoms with van der Waals surface area (Å²) in [5, 5.41) is 1.69. The Bertz CT molecular complexity index is 975. The number of alkyl halides is 2. The first kappa shape index (κ1) is 30.1. The van der Waals surface area contributed by atoms with E-state index in [-0.39, 0.29) is 5.92 Å². The van der Waals surface area contributed by atoms with Crippen molar-refractivity contribution < 1.29 is 22.3 Å². The van der Waals surface area contributed by atoms with Gasteiger partial charge in [-0.2, -0.15) is 8.78 Å². The summed E-state index contributed by atoms with van der Waals surface area (Å²) in [5.41, 5.74) is 0.562. The maximum Gasteiger partial charge on any atom is 0.387 e. The first-order chi connectivity index (χ1) is 18.9. The first-order valence-electron chi connectivity index (χ1n) is 15.4. The molecule has 1 heterocycles. The number of hydrogen-bond acceptors (Lipinski definition) is 1. The molecular weight excluding hydrogens is 516 g/mol. The largest absolute Gasteiger partial charge is 0.429 e. The molecule has 1 nitrogen and oxygen atoms in total. The summed E-state index contributed by atoms with van der Waals surface area (Å²) < 4.78 is 57.1. The molecule has 1 saturated heterocycles. The molecule has 0 amide bonds. The summed E-state index contributed by atoms with van der Waals surface area (Å²) >= 11 is 0. The topological polar surface area (TPSA) is 9.23 Å². The number of halogens is 4. The van der Waals surface area contributed by atoms with Gasteiger partial charge < -0.3 is 4.74 Å². The van der Waals surface area contributed by atoms with E-state index >= 15 is 0 Å². The Hall–Kier alpha value is -1.82. The molecule has 0 bridgehead atoms. The van der Waals surface area contributed by atoms with Crippen LogP contribution >= 0.6 is 0 Å². The molecule has 0 aromatic heterocycles. The van der Waals surface area contributed by atoms with Crippen molar-refractivity contribution in [3.8, 4) is 5.75 Å². The number of benzene rings is 2. The number of unbranched alkanes of at least 4 members (excludes halogenated alkanes) is 3. The molecule has 1 aliphatic heterocycles. The van der Waals surface area contributed by atoms with Crippen LogP contribution in [0.1, 0.15) is 102 Å². The van der Waals surface area contributed by atoms with Gasteiger partial charge in [-0.05, 0) is 61.1 Å². The lowest BCUT2D eigenvalue weighted by Crippen LogP contribution is -2.49. The fourth-order valence-corrected chi connectivity index (χ4v) is 12.7. The Morgan fingerprint density at radius 2 is 1.38 bits per heavy atom. The third-order valence-electron chi connectivity index (χ3n) is 9.73. The Balaban J connectivity index is 1.17. The predicted molar refractivity (Wildman–Crippen MR) is 155 cm³/mol. The molecule has 0 unspecified atom stereocenters. The van der Waals surface area contributed by atoms with Crippen LogP contribution in [0.3, 0.4) is 0 Å². The van der Waals surface area contributed by atoms with Crippen molar-refractivity contribution in [1.82, 2.24) is 0 Å². The average Bonchev–Trinajstić information content (AvgIpc) is 2.94. The molecule has 0 radical (unpaired) electrons. The summed E-state index contributed by atoms with van der Waals surface area (Å²) in [7, 11) is -1.35. The van der Waals surface area contributed by atoms with Gasteiger partial charge in [0.15, 0.2) is 17.4 Å². The van der Waals surface area contributed by atoms with Crippen LogP contribution in [0.2, 0.25) is 18.1 Å². The lowest BCUT2D eigenvalue weighted by Gasteiger charge is -2.39. The fourth-order valence-electron chi connectivity index (χ4n) is 7.37. The standard InChI is InChI=1S/C33H46F4OSi/c1-2-3-9-20-39(29-12-5-4-6-13-29)21-18-26(19-22-39)11-8-7-10-25-14-16-27(17-15-25)28-23-30(34)32(31(35)24-28)38-33(36)37/h4-6,12-13,23-27,33H,2-3,7-11,14-22H2,1H3/t25-,26?,27-,39?. The number of hydrogen-bond donors (Lipinski definition) is 0. The van der Waals surface area contributed by atoms with Gasteiger partial charge in [-0.25, -0.2) is 8.78 Å². The fraction of sp³-hybridized carbons (Fsp3) is 0.636. The Morgan fingerprint density at radius 1 is 0.795 bits per heavy atom. The van der Waals surface area contributed by atoms with E-state index in [0.717, 1.165) is 31.6 Å². The lowest BCUT2D eigenvalue weighted by molar-refractivity contribution is -0.0546. The minimum absolute atomic E-state index is 0.0828. The van der Waals surface area contributed by atoms with Gasteiger partial charge >= 0.3 is 6.61 Å². The smallest absolute Gasteiger partial charge is 0.387 e. The highest BCUT2D eigenvalue weighted by molar-refractivity contribution is 6.92. The predicted octanol–water partition coefficient (Wildman–Crippen LogP) is 10.4. The molecule has 39 heavy (non-hydrogen) atoms. The molecule has 4 rings (SSSR count). The number of rotatable bonds is 13. The zero-order valence-corrected chi connectivity index (χ0v) is 24.6. The molecule has 0 spiro atoms. The summed E-state index contributed by atoms with van der Waals surface area (Å²) in [5.74, 6) is -1.41. The van der Waals surface area contributed by atoms with E-state index in [9.17, 15) is 17.6 Å². The van der Waals surface area contributed by atoms with Crippen molar-refractivity contribution in [3.63, 3.8) is 0 Å². The zero-order valence-electron chi connectivity index (χ0n) is 23.6. The van der Waals surface area contributed by atoms with Crippen LogP contribution in [-0.4, -0.2) is 14.7 Å². The minimum atomic E-state index is -3.24. The lowest BCUT2D eigenvalue weighted by atomic mass is 9.77. The third kappa shape index (κ3) is 8.34. The monoisotopic (exact) mass is 562 g/mol. The number of ether oxygens (including phenoxy) is 1. The van der Waals surface area contributed by atoms with Gasteiger partial charge in [-0.3, -0.25) is 0 Å². The first-order valence-corrected chi connectivity index (χ1v) is 18.0. The Kier molecular flexibility index (Phi) is 11.4. The highest BCUT2D eigenvalue weighted by Crippen LogP contribution is 2.41. The van der Waals surface area contributed by atoms with Gasteiger partial charge in [0.25, 0.3) is 0 Å². The van der Waals surface area contributed by atoms with Crippen LogP contribution in [-0.2, 0) is 0 Å². The van der Waals surface area contributed by atoms with Crippen LogP contribution < -0.4 is 9.92 Å². The van der Waals surface area contributed by atoms with E-state index in [1.807, 2.05) is 0 Å². The summed E-state index contributed by atoms with van der Waals surface area (Å²) in [4.78, 5) is 0. The maximum absolute atomic E-state index is 14.2. The van der Waals surface area contributed by atoms with E-state index in [0.29, 0.717) is 11.5 Å². The van der Waals surface area contributed by atoms with Gasteiger partial charge in [0.2, 0.25) is 0 Å². The van der Waals surface area contributed by atoms with Crippen molar-refractivity contribution in [2.45, 2.75) is 121 Å². The van der Waals surface area contributed by atoms with Crippen LogP contribution in [0.5, 0.6) is 5.75 Å². The molecular formula is C33H46F4OSi. The highest BCUT2D eigenvalue weighted by Gasteiger charge is 2.38. The Labute approximate surface area is 233 Å². The van der Waals surface area contributed by atoms with Gasteiger partial charge in [-0.1, -0.05) is 118 Å². The second-order valence-corrected chi connectivity index (χ2v) is 16.9. The molecule has 1 saturated carbocycles. The molecule has 216 valence electrons. The normalized spacial score (nSPS) is 25.6. The van der Waals surface area contributed by atoms with Crippen LogP contribution in [0.25, 0.3) is 0 Å². The molecule has 0 N–H and O–H groups in total. The van der Waals surface area contributed by atoms with E-state index in [1.54, 1.807) is 5.19 Å². The van der Waals surface area contributed by atoms with Crippen LogP contribution in [0.15, 0.2) is 42.5 Å². The van der Waals surface area contributed by atoms with Gasteiger partial charge in [0.1, 0.15) is 0 Å². The van der Waals surface area contributed by atoms with E-state index < -0.39 is 32.1 Å². The van der Waals surface area contributed by atoms with Crippen molar-refractivity contribution >= 4 is 13.3 Å². The van der Waals surface area contributed by atoms with E-state index in [4.69, 9.17) is 0 Å². The van der Waals surface area contributed by atoms with Crippen molar-refractivity contribution in [2.75, 3.05) is 0 Å². The average molecular weight is 563 g/mol. The molecule has 2 aliphatic rings. The third-order valence-corrected chi connectivity index (χ3v) is 15.1. The second kappa shape index (κ2) is 14.7. The van der Waals surface area contributed by atoms with E-state index in [2.05, 4.69) is 42.0 Å². The molecule has 0 atom stereocenters. The van der Waals surface area contributed by atoms with Crippen molar-refractivity contribution in [2.24, 2.45) is 11.8 Å². The van der Waals surface area contributed by atoms with E-state index in [1.165, 1.54) is 88.1 Å². The Morgan fingerprint density at radius 3 is 1.95 bits per heavy atom. The van der Waals surface area contributed by atoms with Crippen molar-refractivity contribution in [1.29, 1.82) is 0 Å². The van der Waals surface area contributed by atoms with Crippen molar-refractivity contribution in [3.05, 3.63) is 59.7 Å². The van der Waals surface area contributed by atoms with Crippen LogP contribution in [0.4, 0.5) is 17.6 Å². The minimum Gasteiger partial charge on any atom is -0.429 e. The molecule has 1 aliphatic carbocycles. The van der Waals surface area contributed by atoms with Crippen LogP contribution in [0, 0.1) is 23.5 Å². The molecule has 2 aromatic carbocycles. The summed E-state index contributed by atoms with van der Waals surface area (Å²) in [6.45, 7) is -0.940. The second-order valence-electron chi connectivity index (χ2n) is 12.2. The molecule has 6 heteroatoms. The van der Waals surface area contributed by atoms with Gasteiger partial charge in [0.05, 0.1) is 8.07 Å². The maximum atomic E-state index is 14.2. The summed E-state index contributed by atoms with van der Waals surface area (Å²) in [6, 6.07) is 18.2. The quantitative estimate of drug-likeness (QED) is 0.134. The SMILES string of the molecule is CCCCC[Si]1(c2ccccc2)CCC(CCCC[C@H]2CC[C@H](c3cc(F)c(OC(F)F)c(F)c3)CC2)CC1. The van der Waals surface area contributed by atoms with Gasteiger partial charge in [-0.15, -0.1) is 0 Å².